The Bertz CT molecular complexity index is 894. The molecular formula is C25H38F3N5O3. The summed E-state index contributed by atoms with van der Waals surface area (Å²) in [5, 5.41) is 5.35. The van der Waals surface area contributed by atoms with Crippen molar-refractivity contribution in [1.82, 2.24) is 20.0 Å². The summed E-state index contributed by atoms with van der Waals surface area (Å²) in [5.74, 6) is -0.194. The van der Waals surface area contributed by atoms with E-state index in [0.29, 0.717) is 26.1 Å². The van der Waals surface area contributed by atoms with Crippen LogP contribution in [0.1, 0.15) is 45.1 Å². The maximum atomic E-state index is 13.0. The van der Waals surface area contributed by atoms with Gasteiger partial charge in [0.2, 0.25) is 5.91 Å². The van der Waals surface area contributed by atoms with Crippen LogP contribution in [0.3, 0.4) is 0 Å². The number of nitrogens with one attached hydrogen (secondary N) is 2. The number of alkyl halides is 3. The molecule has 8 nitrogen and oxygen atoms in total. The number of nitrogens with zero attached hydrogens (tertiary/aromatic N) is 3. The van der Waals surface area contributed by atoms with E-state index in [1.54, 1.807) is 11.8 Å². The molecule has 11 heteroatoms. The highest BCUT2D eigenvalue weighted by atomic mass is 19.4. The van der Waals surface area contributed by atoms with E-state index in [2.05, 4.69) is 10.6 Å². The van der Waals surface area contributed by atoms with Crippen molar-refractivity contribution in [1.29, 1.82) is 0 Å². The van der Waals surface area contributed by atoms with Crippen LogP contribution < -0.4 is 10.6 Å². The van der Waals surface area contributed by atoms with Gasteiger partial charge in [-0.2, -0.15) is 13.2 Å². The second-order valence-electron chi connectivity index (χ2n) is 9.40. The van der Waals surface area contributed by atoms with Gasteiger partial charge in [-0.15, -0.1) is 0 Å². The fourth-order valence-corrected chi connectivity index (χ4v) is 4.43. The van der Waals surface area contributed by atoms with Crippen LogP contribution in [0, 0.1) is 11.8 Å². The lowest BCUT2D eigenvalue weighted by Crippen LogP contribution is -2.48. The number of likely N-dealkylation sites (tertiary alicyclic amines) is 1. The number of amides is 5. The third-order valence-corrected chi connectivity index (χ3v) is 6.50. The molecule has 0 aromatic heterocycles. The van der Waals surface area contributed by atoms with Crippen molar-refractivity contribution >= 4 is 23.7 Å². The van der Waals surface area contributed by atoms with E-state index in [-0.39, 0.29) is 36.4 Å². The first-order valence-corrected chi connectivity index (χ1v) is 12.4. The average Bonchev–Trinajstić information content (AvgIpc) is 2.82. The van der Waals surface area contributed by atoms with Crippen LogP contribution in [0.25, 0.3) is 0 Å². The Kier molecular flexibility index (Phi) is 11.0. The highest BCUT2D eigenvalue weighted by Gasteiger charge is 2.34. The number of benzene rings is 1. The van der Waals surface area contributed by atoms with E-state index in [4.69, 9.17) is 0 Å². The minimum atomic E-state index is -4.49. The predicted molar refractivity (Wildman–Crippen MR) is 132 cm³/mol. The molecule has 2 N–H and O–H groups in total. The predicted octanol–water partition coefficient (Wildman–Crippen LogP) is 4.49. The number of hydrogen-bond acceptors (Lipinski definition) is 4. The van der Waals surface area contributed by atoms with Gasteiger partial charge in [-0.25, -0.2) is 9.59 Å². The Morgan fingerprint density at radius 3 is 2.47 bits per heavy atom. The Labute approximate surface area is 211 Å². The summed E-state index contributed by atoms with van der Waals surface area (Å²) in [5.41, 5.74) is -0.749. The number of hydrogen-bond donors (Lipinski definition) is 2. The molecule has 1 aliphatic rings. The van der Waals surface area contributed by atoms with Crippen molar-refractivity contribution in [3.8, 4) is 0 Å². The zero-order valence-corrected chi connectivity index (χ0v) is 21.5. The minimum absolute atomic E-state index is 0.00991. The van der Waals surface area contributed by atoms with Crippen LogP contribution in [0.4, 0.5) is 28.4 Å². The normalized spacial score (nSPS) is 18.2. The second-order valence-corrected chi connectivity index (χ2v) is 9.40. The summed E-state index contributed by atoms with van der Waals surface area (Å²) in [7, 11) is 3.91. The van der Waals surface area contributed by atoms with E-state index in [1.807, 2.05) is 25.9 Å². The SMILES string of the molecule is CC[C@H]1CN(C(=O)Nc2cccc(C(F)(F)F)c2)CC[C@H]1CC(=O)N(CC)C(=O)NCCCN(C)C. The summed E-state index contributed by atoms with van der Waals surface area (Å²) in [4.78, 5) is 43.0. The third-order valence-electron chi connectivity index (χ3n) is 6.50. The van der Waals surface area contributed by atoms with E-state index < -0.39 is 23.8 Å². The highest BCUT2D eigenvalue weighted by Crippen LogP contribution is 2.32. The third kappa shape index (κ3) is 8.69. The van der Waals surface area contributed by atoms with E-state index in [9.17, 15) is 27.6 Å². The molecule has 2 atom stereocenters. The summed E-state index contributed by atoms with van der Waals surface area (Å²) >= 11 is 0. The Morgan fingerprint density at radius 2 is 1.86 bits per heavy atom. The number of carbonyl (C=O) groups excluding carboxylic acids is 3. The molecule has 0 saturated carbocycles. The van der Waals surface area contributed by atoms with Crippen molar-refractivity contribution in [2.75, 3.05) is 52.1 Å². The highest BCUT2D eigenvalue weighted by molar-refractivity contribution is 5.94. The van der Waals surface area contributed by atoms with E-state index >= 15 is 0 Å². The summed E-state index contributed by atoms with van der Waals surface area (Å²) in [6.07, 6.45) is -2.20. The number of imide groups is 1. The maximum Gasteiger partial charge on any atom is 0.416 e. The number of rotatable bonds is 9. The Morgan fingerprint density at radius 1 is 1.14 bits per heavy atom. The molecule has 2 rings (SSSR count). The monoisotopic (exact) mass is 513 g/mol. The summed E-state index contributed by atoms with van der Waals surface area (Å²) < 4.78 is 38.9. The molecular weight excluding hydrogens is 475 g/mol. The number of piperidine rings is 1. The van der Waals surface area contributed by atoms with Gasteiger partial charge in [-0.3, -0.25) is 9.69 Å². The molecule has 1 heterocycles. The zero-order valence-electron chi connectivity index (χ0n) is 21.5. The smallest absolute Gasteiger partial charge is 0.338 e. The molecule has 1 aliphatic heterocycles. The molecule has 0 aliphatic carbocycles. The fraction of sp³-hybridized carbons (Fsp3) is 0.640. The quantitative estimate of drug-likeness (QED) is 0.477. The number of urea groups is 2. The molecule has 36 heavy (non-hydrogen) atoms. The molecule has 0 unspecified atom stereocenters. The average molecular weight is 514 g/mol. The number of anilines is 1. The van der Waals surface area contributed by atoms with Crippen LogP contribution in [0.2, 0.25) is 0 Å². The minimum Gasteiger partial charge on any atom is -0.338 e. The molecule has 0 bridgehead atoms. The number of carbonyl (C=O) groups is 3. The van der Waals surface area contributed by atoms with Gasteiger partial charge in [0.1, 0.15) is 0 Å². The zero-order chi connectivity index (χ0) is 26.9. The lowest BCUT2D eigenvalue weighted by atomic mass is 9.81. The molecule has 1 aromatic carbocycles. The second kappa shape index (κ2) is 13.5. The molecule has 202 valence electrons. The van der Waals surface area contributed by atoms with Crippen molar-refractivity contribution in [3.05, 3.63) is 29.8 Å². The first kappa shape index (κ1) is 29.4. The summed E-state index contributed by atoms with van der Waals surface area (Å²) in [6, 6.07) is 3.67. The van der Waals surface area contributed by atoms with Crippen molar-refractivity contribution in [3.63, 3.8) is 0 Å². The van der Waals surface area contributed by atoms with Crippen LogP contribution >= 0.6 is 0 Å². The first-order valence-electron chi connectivity index (χ1n) is 12.4. The largest absolute Gasteiger partial charge is 0.416 e. The maximum absolute atomic E-state index is 13.0. The molecule has 5 amide bonds. The van der Waals surface area contributed by atoms with Crippen LogP contribution in [0.15, 0.2) is 24.3 Å². The topological polar surface area (TPSA) is 85.0 Å². The van der Waals surface area contributed by atoms with Gasteiger partial charge in [0.25, 0.3) is 0 Å². The Balaban J connectivity index is 1.92. The molecule has 0 spiro atoms. The first-order chi connectivity index (χ1) is 17.0. The summed E-state index contributed by atoms with van der Waals surface area (Å²) in [6.45, 7) is 6.09. The number of halogens is 3. The van der Waals surface area contributed by atoms with Gasteiger partial charge in [0.15, 0.2) is 0 Å². The lowest BCUT2D eigenvalue weighted by Gasteiger charge is -2.38. The molecule has 1 fully saturated rings. The van der Waals surface area contributed by atoms with Gasteiger partial charge in [0.05, 0.1) is 5.56 Å². The fourth-order valence-electron chi connectivity index (χ4n) is 4.43. The van der Waals surface area contributed by atoms with Gasteiger partial charge in [0, 0.05) is 38.3 Å². The van der Waals surface area contributed by atoms with Crippen LogP contribution in [-0.4, -0.2) is 79.5 Å². The van der Waals surface area contributed by atoms with Crippen LogP contribution in [-0.2, 0) is 11.0 Å². The molecule has 1 saturated heterocycles. The van der Waals surface area contributed by atoms with E-state index in [1.165, 1.54) is 17.0 Å². The molecule has 0 radical (unpaired) electrons. The van der Waals surface area contributed by atoms with Gasteiger partial charge >= 0.3 is 18.2 Å². The van der Waals surface area contributed by atoms with Gasteiger partial charge < -0.3 is 20.4 Å². The standard InChI is InChI=1S/C25H38F3N5O3/c1-5-18-17-32(24(36)30-21-10-7-9-20(16-21)25(26,27)28)14-11-19(18)15-22(34)33(6-2)23(35)29-12-8-13-31(3)4/h7,9-10,16,18-19H,5-6,8,11-15,17H2,1-4H3,(H,29,35)(H,30,36)/t18-,19-/m0/s1. The Hall–Kier alpha value is -2.82. The van der Waals surface area contributed by atoms with Crippen molar-refractivity contribution < 1.29 is 27.6 Å². The van der Waals surface area contributed by atoms with E-state index in [0.717, 1.165) is 31.5 Å². The van der Waals surface area contributed by atoms with Crippen molar-refractivity contribution in [2.45, 2.75) is 45.7 Å². The van der Waals surface area contributed by atoms with Gasteiger partial charge in [-0.05, 0) is 70.4 Å². The van der Waals surface area contributed by atoms with Crippen LogP contribution in [0.5, 0.6) is 0 Å². The van der Waals surface area contributed by atoms with Gasteiger partial charge in [-0.1, -0.05) is 19.4 Å². The molecule has 1 aromatic rings. The lowest BCUT2D eigenvalue weighted by molar-refractivity contribution is -0.137. The van der Waals surface area contributed by atoms with Crippen molar-refractivity contribution in [2.24, 2.45) is 11.8 Å².